The van der Waals surface area contributed by atoms with E-state index in [0.717, 1.165) is 37.5 Å². The van der Waals surface area contributed by atoms with Crippen LogP contribution >= 0.6 is 0 Å². The first kappa shape index (κ1) is 16.2. The van der Waals surface area contributed by atoms with E-state index in [-0.39, 0.29) is 11.9 Å². The van der Waals surface area contributed by atoms with Crippen LogP contribution in [0.2, 0.25) is 0 Å². The van der Waals surface area contributed by atoms with Crippen molar-refractivity contribution < 1.29 is 4.79 Å². The van der Waals surface area contributed by atoms with Crippen LogP contribution in [0.25, 0.3) is 0 Å². The number of amides is 1. The fourth-order valence-electron chi connectivity index (χ4n) is 3.40. The molecule has 4 rings (SSSR count). The maximum absolute atomic E-state index is 12.6. The number of nitrogens with zero attached hydrogens (tertiary/aromatic N) is 4. The number of hydrogen-bond donors (Lipinski definition) is 3. The normalized spacial score (nSPS) is 20.3. The zero-order valence-electron chi connectivity index (χ0n) is 14.1. The summed E-state index contributed by atoms with van der Waals surface area (Å²) in [5.74, 6) is 2.12. The third kappa shape index (κ3) is 3.55. The Balaban J connectivity index is 1.40. The smallest absolute Gasteiger partial charge is 0.242 e. The molecule has 132 valence electrons. The number of carbonyl (C=O) groups is 1. The monoisotopic (exact) mass is 341 g/mol. The molecule has 0 spiro atoms. The van der Waals surface area contributed by atoms with Crippen molar-refractivity contribution in [3.05, 3.63) is 47.5 Å². The highest BCUT2D eigenvalue weighted by molar-refractivity contribution is 5.82. The molecule has 8 nitrogen and oxygen atoms in total. The highest BCUT2D eigenvalue weighted by Gasteiger charge is 2.29. The van der Waals surface area contributed by atoms with E-state index in [1.165, 1.54) is 5.56 Å². The number of aromatic nitrogens is 3. The maximum atomic E-state index is 12.6. The first-order valence-corrected chi connectivity index (χ1v) is 8.78. The molecule has 2 aromatic rings. The Labute approximate surface area is 146 Å². The van der Waals surface area contributed by atoms with Gasteiger partial charge in [-0.25, -0.2) is 10.9 Å². The molecule has 1 unspecified atom stereocenters. The van der Waals surface area contributed by atoms with Crippen LogP contribution in [0.5, 0.6) is 0 Å². The minimum atomic E-state index is -0.207. The molecule has 1 atom stereocenters. The van der Waals surface area contributed by atoms with Crippen LogP contribution in [0.1, 0.15) is 17.2 Å². The first-order valence-electron chi connectivity index (χ1n) is 8.78. The summed E-state index contributed by atoms with van der Waals surface area (Å²) in [6.45, 7) is 2.74. The van der Waals surface area contributed by atoms with E-state index in [1.54, 1.807) is 0 Å². The lowest BCUT2D eigenvalue weighted by molar-refractivity contribution is -0.132. The molecule has 2 aliphatic rings. The molecular formula is C17H23N7O. The van der Waals surface area contributed by atoms with Crippen molar-refractivity contribution in [2.75, 3.05) is 19.6 Å². The summed E-state index contributed by atoms with van der Waals surface area (Å²) in [6, 6.07) is 10.2. The summed E-state index contributed by atoms with van der Waals surface area (Å²) in [5, 5.41) is 8.73. The largest absolute Gasteiger partial charge is 0.339 e. The summed E-state index contributed by atoms with van der Waals surface area (Å²) in [5.41, 5.74) is 9.97. The van der Waals surface area contributed by atoms with Crippen LogP contribution in [-0.4, -0.2) is 51.2 Å². The molecule has 2 aliphatic heterocycles. The molecule has 0 bridgehead atoms. The van der Waals surface area contributed by atoms with Crippen molar-refractivity contribution in [2.45, 2.75) is 31.8 Å². The SMILES string of the molecule is O=C(C1CNNN1)N1CCc2nnc(CCc3ccccc3)n2CC1. The van der Waals surface area contributed by atoms with E-state index < -0.39 is 0 Å². The quantitative estimate of drug-likeness (QED) is 0.690. The second kappa shape index (κ2) is 7.30. The van der Waals surface area contributed by atoms with Crippen LogP contribution < -0.4 is 16.4 Å². The number of rotatable bonds is 4. The molecule has 1 aromatic carbocycles. The van der Waals surface area contributed by atoms with Crippen molar-refractivity contribution >= 4 is 5.91 Å². The molecule has 3 heterocycles. The van der Waals surface area contributed by atoms with E-state index in [0.29, 0.717) is 19.6 Å². The van der Waals surface area contributed by atoms with Gasteiger partial charge in [-0.2, -0.15) is 5.53 Å². The van der Waals surface area contributed by atoms with Gasteiger partial charge in [0.05, 0.1) is 0 Å². The molecule has 0 saturated carbocycles. The Hall–Kier alpha value is -2.29. The van der Waals surface area contributed by atoms with Gasteiger partial charge >= 0.3 is 0 Å². The third-order valence-corrected chi connectivity index (χ3v) is 4.83. The van der Waals surface area contributed by atoms with E-state index in [1.807, 2.05) is 11.0 Å². The van der Waals surface area contributed by atoms with Gasteiger partial charge < -0.3 is 9.47 Å². The van der Waals surface area contributed by atoms with Gasteiger partial charge in [0.2, 0.25) is 5.91 Å². The molecule has 1 fully saturated rings. The van der Waals surface area contributed by atoms with Gasteiger partial charge in [-0.3, -0.25) is 4.79 Å². The lowest BCUT2D eigenvalue weighted by atomic mass is 10.1. The van der Waals surface area contributed by atoms with Gasteiger partial charge in [-0.1, -0.05) is 30.3 Å². The van der Waals surface area contributed by atoms with Crippen molar-refractivity contribution in [3.8, 4) is 0 Å². The van der Waals surface area contributed by atoms with Gasteiger partial charge in [0.1, 0.15) is 17.7 Å². The predicted octanol–water partition coefficient (Wildman–Crippen LogP) is -0.571. The lowest BCUT2D eigenvalue weighted by Gasteiger charge is -2.23. The number of benzene rings is 1. The fraction of sp³-hybridized carbons (Fsp3) is 0.471. The van der Waals surface area contributed by atoms with Crippen LogP contribution in [0.15, 0.2) is 30.3 Å². The van der Waals surface area contributed by atoms with E-state index in [4.69, 9.17) is 0 Å². The summed E-state index contributed by atoms with van der Waals surface area (Å²) in [4.78, 5) is 14.5. The Kier molecular flexibility index (Phi) is 4.73. The standard InChI is InChI=1S/C17H23N7O/c25-17(14-12-18-22-19-14)23-9-8-16-21-20-15(24(16)11-10-23)7-6-13-4-2-1-3-5-13/h1-5,14,18-19,22H,6-12H2. The lowest BCUT2D eigenvalue weighted by Crippen LogP contribution is -2.47. The summed E-state index contributed by atoms with van der Waals surface area (Å²) in [7, 11) is 0. The molecule has 0 radical (unpaired) electrons. The number of hydrazine groups is 2. The van der Waals surface area contributed by atoms with E-state index in [9.17, 15) is 4.79 Å². The van der Waals surface area contributed by atoms with Crippen LogP contribution in [0, 0.1) is 0 Å². The second-order valence-corrected chi connectivity index (χ2v) is 6.45. The number of hydrogen-bond acceptors (Lipinski definition) is 6. The number of aryl methyl sites for hydroxylation is 2. The molecule has 1 saturated heterocycles. The zero-order valence-corrected chi connectivity index (χ0v) is 14.1. The molecular weight excluding hydrogens is 318 g/mol. The molecule has 25 heavy (non-hydrogen) atoms. The number of carbonyl (C=O) groups excluding carboxylic acids is 1. The van der Waals surface area contributed by atoms with Gasteiger partial charge in [0.15, 0.2) is 0 Å². The second-order valence-electron chi connectivity index (χ2n) is 6.45. The third-order valence-electron chi connectivity index (χ3n) is 4.83. The van der Waals surface area contributed by atoms with E-state index in [2.05, 4.69) is 55.4 Å². The Morgan fingerprint density at radius 1 is 1.12 bits per heavy atom. The topological polar surface area (TPSA) is 87.1 Å². The summed E-state index contributed by atoms with van der Waals surface area (Å²) >= 11 is 0. The average molecular weight is 341 g/mol. The predicted molar refractivity (Wildman–Crippen MR) is 92.2 cm³/mol. The fourth-order valence-corrected chi connectivity index (χ4v) is 3.40. The molecule has 1 amide bonds. The van der Waals surface area contributed by atoms with Gasteiger partial charge in [-0.05, 0) is 12.0 Å². The molecule has 8 heteroatoms. The molecule has 0 aliphatic carbocycles. The number of fused-ring (bicyclic) bond motifs is 1. The minimum absolute atomic E-state index is 0.127. The minimum Gasteiger partial charge on any atom is -0.339 e. The van der Waals surface area contributed by atoms with Crippen molar-refractivity contribution in [1.82, 2.24) is 36.1 Å². The summed E-state index contributed by atoms with van der Waals surface area (Å²) in [6.07, 6.45) is 2.56. The van der Waals surface area contributed by atoms with Crippen molar-refractivity contribution in [2.24, 2.45) is 0 Å². The van der Waals surface area contributed by atoms with E-state index >= 15 is 0 Å². The van der Waals surface area contributed by atoms with Crippen LogP contribution in [0.4, 0.5) is 0 Å². The van der Waals surface area contributed by atoms with Gasteiger partial charge in [0.25, 0.3) is 0 Å². The zero-order chi connectivity index (χ0) is 17.1. The van der Waals surface area contributed by atoms with Crippen LogP contribution in [-0.2, 0) is 30.6 Å². The Morgan fingerprint density at radius 2 is 2.00 bits per heavy atom. The average Bonchev–Trinajstić information content (AvgIpc) is 3.26. The Morgan fingerprint density at radius 3 is 2.80 bits per heavy atom. The van der Waals surface area contributed by atoms with Gasteiger partial charge in [-0.15, -0.1) is 10.2 Å². The van der Waals surface area contributed by atoms with Crippen molar-refractivity contribution in [3.63, 3.8) is 0 Å². The highest BCUT2D eigenvalue weighted by atomic mass is 16.2. The molecule has 3 N–H and O–H groups in total. The summed E-state index contributed by atoms with van der Waals surface area (Å²) < 4.78 is 2.19. The highest BCUT2D eigenvalue weighted by Crippen LogP contribution is 2.13. The Bertz CT molecular complexity index is 724. The maximum Gasteiger partial charge on any atom is 0.242 e. The van der Waals surface area contributed by atoms with Crippen LogP contribution in [0.3, 0.4) is 0 Å². The number of nitrogens with one attached hydrogen (secondary N) is 3. The molecule has 1 aromatic heterocycles. The van der Waals surface area contributed by atoms with Crippen molar-refractivity contribution in [1.29, 1.82) is 0 Å². The first-order chi connectivity index (χ1) is 12.3. The van der Waals surface area contributed by atoms with Gasteiger partial charge in [0, 0.05) is 39.0 Å².